The molecule has 9 heteroatoms. The smallest absolute Gasteiger partial charge is 0.259 e. The number of hydrogen-bond donors (Lipinski definition) is 1. The van der Waals surface area contributed by atoms with Crippen molar-refractivity contribution in [3.63, 3.8) is 0 Å². The number of benzene rings is 2. The van der Waals surface area contributed by atoms with Gasteiger partial charge in [0.15, 0.2) is 11.5 Å². The highest BCUT2D eigenvalue weighted by Crippen LogP contribution is 2.30. The molecule has 0 aliphatic carbocycles. The van der Waals surface area contributed by atoms with Crippen LogP contribution in [0.4, 0.5) is 0 Å². The number of hydrogen-bond acceptors (Lipinski definition) is 7. The molecule has 2 aromatic heterocycles. The van der Waals surface area contributed by atoms with Crippen LogP contribution in [-0.2, 0) is 17.9 Å². The number of carbonyl (C=O) groups is 1. The number of pyridine rings is 1. The fourth-order valence-corrected chi connectivity index (χ4v) is 3.52. The summed E-state index contributed by atoms with van der Waals surface area (Å²) in [7, 11) is 3.09. The van der Waals surface area contributed by atoms with Crippen LogP contribution >= 0.6 is 0 Å². The number of nitrogens with one attached hydrogen (secondary N) is 1. The molecule has 0 unspecified atom stereocenters. The van der Waals surface area contributed by atoms with Crippen LogP contribution in [0.5, 0.6) is 11.5 Å². The van der Waals surface area contributed by atoms with Crippen LogP contribution in [0.3, 0.4) is 0 Å². The Balaban J connectivity index is 1.48. The second-order valence-electron chi connectivity index (χ2n) is 7.61. The zero-order chi connectivity index (χ0) is 24.1. The van der Waals surface area contributed by atoms with Gasteiger partial charge in [0.1, 0.15) is 6.54 Å². The highest BCUT2D eigenvalue weighted by atomic mass is 16.5. The van der Waals surface area contributed by atoms with Crippen molar-refractivity contribution in [2.45, 2.75) is 20.0 Å². The number of aryl methyl sites for hydroxylation is 1. The van der Waals surface area contributed by atoms with Gasteiger partial charge in [-0.3, -0.25) is 9.59 Å². The fourth-order valence-electron chi connectivity index (χ4n) is 3.52. The van der Waals surface area contributed by atoms with E-state index in [1.54, 1.807) is 19.2 Å². The molecule has 0 bridgehead atoms. The van der Waals surface area contributed by atoms with Crippen LogP contribution in [0.15, 0.2) is 70.1 Å². The van der Waals surface area contributed by atoms with E-state index >= 15 is 0 Å². The lowest BCUT2D eigenvalue weighted by atomic mass is 10.1. The summed E-state index contributed by atoms with van der Waals surface area (Å²) < 4.78 is 17.4. The number of methoxy groups -OCH3 is 2. The number of aromatic nitrogens is 3. The Kier molecular flexibility index (Phi) is 6.72. The molecule has 4 rings (SSSR count). The van der Waals surface area contributed by atoms with Crippen molar-refractivity contribution in [3.8, 4) is 34.3 Å². The molecular formula is C25H24N4O5. The van der Waals surface area contributed by atoms with Crippen molar-refractivity contribution in [2.24, 2.45) is 0 Å². The van der Waals surface area contributed by atoms with Crippen LogP contribution in [0.25, 0.3) is 22.8 Å². The number of carbonyl (C=O) groups excluding carboxylic acids is 1. The van der Waals surface area contributed by atoms with Gasteiger partial charge in [-0.25, -0.2) is 0 Å². The molecule has 0 spiro atoms. The third-order valence-corrected chi connectivity index (χ3v) is 5.21. The fraction of sp³-hybridized carbons (Fsp3) is 0.200. The summed E-state index contributed by atoms with van der Waals surface area (Å²) in [5, 5.41) is 6.84. The van der Waals surface area contributed by atoms with Crippen LogP contribution in [-0.4, -0.2) is 34.8 Å². The average molecular weight is 460 g/mol. The van der Waals surface area contributed by atoms with Gasteiger partial charge >= 0.3 is 0 Å². The maximum Gasteiger partial charge on any atom is 0.259 e. The van der Waals surface area contributed by atoms with E-state index in [9.17, 15) is 9.59 Å². The second-order valence-corrected chi connectivity index (χ2v) is 7.61. The number of rotatable bonds is 8. The van der Waals surface area contributed by atoms with E-state index in [4.69, 9.17) is 14.0 Å². The maximum atomic E-state index is 12.6. The molecule has 1 N–H and O–H groups in total. The summed E-state index contributed by atoms with van der Waals surface area (Å²) in [6.45, 7) is 2.03. The first-order valence-corrected chi connectivity index (χ1v) is 10.6. The van der Waals surface area contributed by atoms with Crippen LogP contribution in [0, 0.1) is 6.92 Å². The van der Waals surface area contributed by atoms with Gasteiger partial charge in [-0.05, 0) is 25.1 Å². The molecular weight excluding hydrogens is 436 g/mol. The van der Waals surface area contributed by atoms with Gasteiger partial charge < -0.3 is 23.9 Å². The summed E-state index contributed by atoms with van der Waals surface area (Å²) in [6, 6.07) is 16.1. The van der Waals surface area contributed by atoms with Crippen molar-refractivity contribution in [2.75, 3.05) is 14.2 Å². The average Bonchev–Trinajstić information content (AvgIpc) is 3.34. The second kappa shape index (κ2) is 10.0. The van der Waals surface area contributed by atoms with Gasteiger partial charge in [0.05, 0.1) is 19.8 Å². The molecule has 0 fully saturated rings. The molecule has 0 saturated carbocycles. The molecule has 0 aliphatic heterocycles. The number of para-hydroxylation sites is 1. The Hall–Kier alpha value is -4.40. The lowest BCUT2D eigenvalue weighted by molar-refractivity contribution is -0.121. The SMILES string of the molecule is COc1cccc(CNC(=O)Cn2cc(-c3nc(-c4cccc(C)c4)no3)ccc2=O)c1OC. The van der Waals surface area contributed by atoms with Crippen molar-refractivity contribution in [1.82, 2.24) is 20.0 Å². The van der Waals surface area contributed by atoms with Crippen molar-refractivity contribution < 1.29 is 18.8 Å². The first-order valence-electron chi connectivity index (χ1n) is 10.6. The molecule has 2 aromatic carbocycles. The molecule has 0 aliphatic rings. The van der Waals surface area contributed by atoms with Gasteiger partial charge in [0.25, 0.3) is 11.4 Å². The molecule has 0 atom stereocenters. The molecule has 0 radical (unpaired) electrons. The molecule has 1 amide bonds. The minimum absolute atomic E-state index is 0.169. The predicted octanol–water partition coefficient (Wildman–Crippen LogP) is 3.21. The Morgan fingerprint density at radius 2 is 1.88 bits per heavy atom. The standard InChI is InChI=1S/C25H24N4O5/c1-16-6-4-7-17(12-16)24-27-25(34-28-24)19-10-11-22(31)29(14-19)15-21(30)26-13-18-8-5-9-20(32-2)23(18)33-3/h4-12,14H,13,15H2,1-3H3,(H,26,30). The summed E-state index contributed by atoms with van der Waals surface area (Å²) in [5.41, 5.74) is 2.88. The Labute approximate surface area is 196 Å². The Morgan fingerprint density at radius 1 is 1.06 bits per heavy atom. The number of ether oxygens (including phenoxy) is 2. The van der Waals surface area contributed by atoms with E-state index in [0.717, 1.165) is 16.7 Å². The first-order chi connectivity index (χ1) is 16.5. The highest BCUT2D eigenvalue weighted by Gasteiger charge is 2.14. The van der Waals surface area contributed by atoms with E-state index in [0.29, 0.717) is 22.9 Å². The van der Waals surface area contributed by atoms with Crippen LogP contribution in [0.2, 0.25) is 0 Å². The summed E-state index contributed by atoms with van der Waals surface area (Å²) in [5.74, 6) is 1.48. The normalized spacial score (nSPS) is 10.7. The first kappa shape index (κ1) is 22.8. The van der Waals surface area contributed by atoms with Gasteiger partial charge in [0.2, 0.25) is 11.7 Å². The maximum absolute atomic E-state index is 12.6. The lowest BCUT2D eigenvalue weighted by Crippen LogP contribution is -2.31. The van der Waals surface area contributed by atoms with Crippen molar-refractivity contribution in [1.29, 1.82) is 0 Å². The molecule has 174 valence electrons. The highest BCUT2D eigenvalue weighted by molar-refractivity contribution is 5.76. The minimum atomic E-state index is -0.338. The zero-order valence-electron chi connectivity index (χ0n) is 19.1. The molecule has 2 heterocycles. The number of nitrogens with zero attached hydrogens (tertiary/aromatic N) is 3. The topological polar surface area (TPSA) is 108 Å². The van der Waals surface area contributed by atoms with Crippen molar-refractivity contribution >= 4 is 5.91 Å². The summed E-state index contributed by atoms with van der Waals surface area (Å²) in [4.78, 5) is 29.3. The molecule has 0 saturated heterocycles. The van der Waals surface area contributed by atoms with Gasteiger partial charge in [-0.15, -0.1) is 0 Å². The molecule has 9 nitrogen and oxygen atoms in total. The summed E-state index contributed by atoms with van der Waals surface area (Å²) in [6.07, 6.45) is 1.53. The Morgan fingerprint density at radius 3 is 2.65 bits per heavy atom. The quantitative estimate of drug-likeness (QED) is 0.430. The molecule has 4 aromatic rings. The summed E-state index contributed by atoms with van der Waals surface area (Å²) >= 11 is 0. The van der Waals surface area contributed by atoms with Gasteiger partial charge in [0, 0.05) is 29.9 Å². The zero-order valence-corrected chi connectivity index (χ0v) is 19.1. The van der Waals surface area contributed by atoms with E-state index in [1.807, 2.05) is 43.3 Å². The van der Waals surface area contributed by atoms with E-state index in [-0.39, 0.29) is 30.4 Å². The van der Waals surface area contributed by atoms with Crippen LogP contribution < -0.4 is 20.3 Å². The van der Waals surface area contributed by atoms with E-state index < -0.39 is 0 Å². The van der Waals surface area contributed by atoms with Gasteiger partial charge in [-0.1, -0.05) is 41.1 Å². The largest absolute Gasteiger partial charge is 0.493 e. The third-order valence-electron chi connectivity index (χ3n) is 5.21. The third kappa shape index (κ3) is 4.98. The number of amides is 1. The van der Waals surface area contributed by atoms with Crippen LogP contribution in [0.1, 0.15) is 11.1 Å². The van der Waals surface area contributed by atoms with E-state index in [1.165, 1.54) is 23.9 Å². The van der Waals surface area contributed by atoms with Crippen molar-refractivity contribution in [3.05, 3.63) is 82.3 Å². The minimum Gasteiger partial charge on any atom is -0.493 e. The van der Waals surface area contributed by atoms with Gasteiger partial charge in [-0.2, -0.15) is 4.98 Å². The Bertz CT molecular complexity index is 1380. The monoisotopic (exact) mass is 460 g/mol. The molecule has 34 heavy (non-hydrogen) atoms. The van der Waals surface area contributed by atoms with E-state index in [2.05, 4.69) is 15.5 Å². The predicted molar refractivity (Wildman–Crippen MR) is 126 cm³/mol. The lowest BCUT2D eigenvalue weighted by Gasteiger charge is -2.13.